The van der Waals surface area contributed by atoms with Gasteiger partial charge in [0.25, 0.3) is 0 Å². The average Bonchev–Trinajstić information content (AvgIpc) is 2.44. The highest BCUT2D eigenvalue weighted by Gasteiger charge is 2.12. The van der Waals surface area contributed by atoms with E-state index in [1.54, 1.807) is 0 Å². The Morgan fingerprint density at radius 2 is 2.10 bits per heavy atom. The van der Waals surface area contributed by atoms with Gasteiger partial charge in [-0.1, -0.05) is 26.0 Å². The molecular formula is C16H26IN3S. The highest BCUT2D eigenvalue weighted by Crippen LogP contribution is 2.27. The van der Waals surface area contributed by atoms with Crippen LogP contribution < -0.4 is 11.1 Å². The summed E-state index contributed by atoms with van der Waals surface area (Å²) in [6.07, 6.45) is 4.90. The number of rotatable bonds is 5. The Kier molecular flexibility index (Phi) is 8.48. The number of hydrogen-bond donors (Lipinski definition) is 2. The van der Waals surface area contributed by atoms with Crippen molar-refractivity contribution in [3.8, 4) is 0 Å². The minimum Gasteiger partial charge on any atom is -0.370 e. The molecule has 0 saturated carbocycles. The summed E-state index contributed by atoms with van der Waals surface area (Å²) in [7, 11) is 0. The van der Waals surface area contributed by atoms with Gasteiger partial charge >= 0.3 is 0 Å². The van der Waals surface area contributed by atoms with Crippen LogP contribution in [0.2, 0.25) is 0 Å². The standard InChI is InChI=1S/C16H25N3S.HI/c1-12(2)20-11-10-18-16(17)19-15-9-5-7-13-6-3-4-8-14(13)15;/h5,7,9,12H,3-4,6,8,10-11H2,1-2H3,(H3,17,18,19);1H. The lowest BCUT2D eigenvalue weighted by atomic mass is 9.90. The number of aryl methyl sites for hydroxylation is 1. The van der Waals surface area contributed by atoms with Gasteiger partial charge in [0.2, 0.25) is 0 Å². The highest BCUT2D eigenvalue weighted by atomic mass is 127. The van der Waals surface area contributed by atoms with E-state index in [-0.39, 0.29) is 24.0 Å². The minimum atomic E-state index is 0. The van der Waals surface area contributed by atoms with Crippen molar-refractivity contribution in [3.05, 3.63) is 29.3 Å². The maximum Gasteiger partial charge on any atom is 0.193 e. The molecule has 1 aromatic carbocycles. The number of guanidine groups is 1. The van der Waals surface area contributed by atoms with E-state index >= 15 is 0 Å². The number of thioether (sulfide) groups is 1. The van der Waals surface area contributed by atoms with Crippen LogP contribution in [0.5, 0.6) is 0 Å². The molecule has 5 heteroatoms. The van der Waals surface area contributed by atoms with E-state index < -0.39 is 0 Å². The lowest BCUT2D eigenvalue weighted by Gasteiger charge is -2.19. The van der Waals surface area contributed by atoms with Crippen LogP contribution in [0.4, 0.5) is 5.69 Å². The Labute approximate surface area is 149 Å². The molecule has 0 fully saturated rings. The number of hydrogen-bond acceptors (Lipinski definition) is 2. The molecule has 0 heterocycles. The molecular weight excluding hydrogens is 393 g/mol. The zero-order valence-corrected chi connectivity index (χ0v) is 16.0. The second-order valence-corrected chi connectivity index (χ2v) is 7.15. The van der Waals surface area contributed by atoms with Crippen molar-refractivity contribution < 1.29 is 0 Å². The van der Waals surface area contributed by atoms with Crippen LogP contribution in [-0.4, -0.2) is 23.5 Å². The first kappa shape index (κ1) is 18.6. The number of aliphatic imine (C=N–C) groups is 1. The van der Waals surface area contributed by atoms with Gasteiger partial charge in [0.05, 0.1) is 6.54 Å². The Morgan fingerprint density at radius 1 is 1.33 bits per heavy atom. The molecule has 0 aliphatic heterocycles. The summed E-state index contributed by atoms with van der Waals surface area (Å²) < 4.78 is 0. The monoisotopic (exact) mass is 419 g/mol. The van der Waals surface area contributed by atoms with Crippen LogP contribution in [0, 0.1) is 0 Å². The number of halogens is 1. The summed E-state index contributed by atoms with van der Waals surface area (Å²) in [6, 6.07) is 6.44. The fourth-order valence-corrected chi connectivity index (χ4v) is 3.20. The molecule has 0 radical (unpaired) electrons. The Hall–Kier alpha value is -0.430. The van der Waals surface area contributed by atoms with E-state index in [0.29, 0.717) is 11.2 Å². The van der Waals surface area contributed by atoms with Crippen LogP contribution in [0.25, 0.3) is 0 Å². The van der Waals surface area contributed by atoms with Gasteiger partial charge < -0.3 is 11.1 Å². The van der Waals surface area contributed by atoms with E-state index in [1.807, 2.05) is 11.8 Å². The third kappa shape index (κ3) is 6.06. The number of anilines is 1. The first-order valence-corrected chi connectivity index (χ1v) is 8.51. The third-order valence-electron chi connectivity index (χ3n) is 3.48. The smallest absolute Gasteiger partial charge is 0.193 e. The Bertz CT molecular complexity index is 475. The van der Waals surface area contributed by atoms with E-state index in [4.69, 9.17) is 5.73 Å². The molecule has 0 unspecified atom stereocenters. The molecule has 0 atom stereocenters. The van der Waals surface area contributed by atoms with E-state index in [1.165, 1.54) is 30.4 Å². The summed E-state index contributed by atoms with van der Waals surface area (Å²) in [5, 5.41) is 3.93. The molecule has 1 aliphatic carbocycles. The molecule has 2 rings (SSSR count). The molecule has 3 nitrogen and oxygen atoms in total. The summed E-state index contributed by atoms with van der Waals surface area (Å²) in [6.45, 7) is 5.18. The second kappa shape index (κ2) is 9.56. The molecule has 0 aromatic heterocycles. The van der Waals surface area contributed by atoms with Gasteiger partial charge in [0, 0.05) is 11.4 Å². The van der Waals surface area contributed by atoms with Crippen molar-refractivity contribution in [2.24, 2.45) is 10.7 Å². The van der Waals surface area contributed by atoms with Crippen molar-refractivity contribution in [1.29, 1.82) is 0 Å². The number of nitrogens with one attached hydrogen (secondary N) is 1. The van der Waals surface area contributed by atoms with Crippen molar-refractivity contribution in [2.75, 3.05) is 17.6 Å². The number of fused-ring (bicyclic) bond motifs is 1. The van der Waals surface area contributed by atoms with Gasteiger partial charge in [0.1, 0.15) is 0 Å². The van der Waals surface area contributed by atoms with Crippen molar-refractivity contribution >= 4 is 47.4 Å². The van der Waals surface area contributed by atoms with Gasteiger partial charge in [-0.25, -0.2) is 0 Å². The Balaban J connectivity index is 0.00000220. The molecule has 1 aromatic rings. The Morgan fingerprint density at radius 3 is 2.86 bits per heavy atom. The second-order valence-electron chi connectivity index (χ2n) is 5.46. The first-order chi connectivity index (χ1) is 9.66. The van der Waals surface area contributed by atoms with Crippen LogP contribution in [0.15, 0.2) is 23.2 Å². The van der Waals surface area contributed by atoms with Crippen LogP contribution in [0.3, 0.4) is 0 Å². The quantitative estimate of drug-likeness (QED) is 0.328. The molecule has 0 amide bonds. The maximum absolute atomic E-state index is 5.99. The lowest BCUT2D eigenvalue weighted by Crippen LogP contribution is -2.24. The van der Waals surface area contributed by atoms with Crippen LogP contribution in [-0.2, 0) is 12.8 Å². The molecule has 3 N–H and O–H groups in total. The minimum absolute atomic E-state index is 0. The van der Waals surface area contributed by atoms with Gasteiger partial charge in [-0.15, -0.1) is 24.0 Å². The molecule has 21 heavy (non-hydrogen) atoms. The normalized spacial score (nSPS) is 14.5. The fourth-order valence-electron chi connectivity index (χ4n) is 2.53. The summed E-state index contributed by atoms with van der Waals surface area (Å²) in [5.41, 5.74) is 10.0. The molecule has 0 bridgehead atoms. The van der Waals surface area contributed by atoms with Crippen molar-refractivity contribution in [1.82, 2.24) is 0 Å². The largest absolute Gasteiger partial charge is 0.370 e. The SMILES string of the molecule is CC(C)SCCN=C(N)Nc1cccc2c1CCCC2.I. The summed E-state index contributed by atoms with van der Waals surface area (Å²) in [4.78, 5) is 4.40. The molecule has 118 valence electrons. The number of nitrogens with zero attached hydrogens (tertiary/aromatic N) is 1. The van der Waals surface area contributed by atoms with Crippen LogP contribution >= 0.6 is 35.7 Å². The zero-order valence-electron chi connectivity index (χ0n) is 12.9. The predicted octanol–water partition coefficient (Wildman–Crippen LogP) is 4.05. The first-order valence-electron chi connectivity index (χ1n) is 7.46. The van der Waals surface area contributed by atoms with E-state index in [9.17, 15) is 0 Å². The average molecular weight is 419 g/mol. The van der Waals surface area contributed by atoms with Gasteiger partial charge in [0.15, 0.2) is 5.96 Å². The summed E-state index contributed by atoms with van der Waals surface area (Å²) in [5.74, 6) is 1.56. The number of benzene rings is 1. The predicted molar refractivity (Wildman–Crippen MR) is 106 cm³/mol. The summed E-state index contributed by atoms with van der Waals surface area (Å²) >= 11 is 1.91. The third-order valence-corrected chi connectivity index (χ3v) is 4.57. The highest BCUT2D eigenvalue weighted by molar-refractivity contribution is 14.0. The lowest BCUT2D eigenvalue weighted by molar-refractivity contribution is 0.687. The van der Waals surface area contributed by atoms with E-state index in [0.717, 1.165) is 24.4 Å². The van der Waals surface area contributed by atoms with Gasteiger partial charge in [-0.05, 0) is 48.1 Å². The number of nitrogens with two attached hydrogens (primary N) is 1. The van der Waals surface area contributed by atoms with E-state index in [2.05, 4.69) is 42.4 Å². The van der Waals surface area contributed by atoms with Crippen molar-refractivity contribution in [3.63, 3.8) is 0 Å². The molecule has 0 saturated heterocycles. The zero-order chi connectivity index (χ0) is 14.4. The topological polar surface area (TPSA) is 50.4 Å². The van der Waals surface area contributed by atoms with Crippen LogP contribution in [0.1, 0.15) is 37.8 Å². The molecule has 0 spiro atoms. The van der Waals surface area contributed by atoms with Crippen molar-refractivity contribution in [2.45, 2.75) is 44.8 Å². The van der Waals surface area contributed by atoms with Gasteiger partial charge in [-0.2, -0.15) is 11.8 Å². The van der Waals surface area contributed by atoms with Gasteiger partial charge in [-0.3, -0.25) is 4.99 Å². The maximum atomic E-state index is 5.99. The fraction of sp³-hybridized carbons (Fsp3) is 0.562. The molecule has 1 aliphatic rings.